The number of aromatic nitrogens is 1. The third-order valence-corrected chi connectivity index (χ3v) is 3.09. The smallest absolute Gasteiger partial charge is 0.325 e. The van der Waals surface area contributed by atoms with Crippen molar-refractivity contribution in [2.24, 2.45) is 5.73 Å². The number of carbonyl (C=O) groups is 2. The number of nitrogens with two attached hydrogens (primary N) is 1. The van der Waals surface area contributed by atoms with Gasteiger partial charge in [-0.15, -0.1) is 0 Å². The average Bonchev–Trinajstić information content (AvgIpc) is 2.87. The molecule has 1 heterocycles. The predicted molar refractivity (Wildman–Crippen MR) is 75.0 cm³/mol. The zero-order valence-electron chi connectivity index (χ0n) is 11.2. The third kappa shape index (κ3) is 3.16. The van der Waals surface area contributed by atoms with E-state index in [1.54, 1.807) is 0 Å². The van der Waals surface area contributed by atoms with Crippen LogP contribution in [-0.4, -0.2) is 36.6 Å². The zero-order chi connectivity index (χ0) is 14.5. The van der Waals surface area contributed by atoms with E-state index in [4.69, 9.17) is 5.73 Å². The van der Waals surface area contributed by atoms with Gasteiger partial charge in [-0.05, 0) is 18.1 Å². The first-order valence-electron chi connectivity index (χ1n) is 6.27. The van der Waals surface area contributed by atoms with Crippen molar-refractivity contribution in [3.05, 3.63) is 36.0 Å². The molecule has 6 heteroatoms. The van der Waals surface area contributed by atoms with Gasteiger partial charge in [0.25, 0.3) is 0 Å². The van der Waals surface area contributed by atoms with E-state index in [-0.39, 0.29) is 12.5 Å². The monoisotopic (exact) mass is 275 g/mol. The van der Waals surface area contributed by atoms with Gasteiger partial charge in [0.15, 0.2) is 0 Å². The van der Waals surface area contributed by atoms with E-state index in [0.29, 0.717) is 6.42 Å². The molecule has 20 heavy (non-hydrogen) atoms. The van der Waals surface area contributed by atoms with Gasteiger partial charge in [0.1, 0.15) is 6.54 Å². The topological polar surface area (TPSA) is 97.2 Å². The third-order valence-electron chi connectivity index (χ3n) is 3.09. The van der Waals surface area contributed by atoms with Crippen LogP contribution < -0.4 is 11.1 Å². The van der Waals surface area contributed by atoms with Crippen LogP contribution in [0.4, 0.5) is 0 Å². The number of hydrogen-bond donors (Lipinski definition) is 3. The summed E-state index contributed by atoms with van der Waals surface area (Å²) in [4.78, 5) is 25.8. The lowest BCUT2D eigenvalue weighted by molar-refractivity contribution is -0.141. The molecule has 1 atom stereocenters. The Morgan fingerprint density at radius 3 is 2.90 bits per heavy atom. The van der Waals surface area contributed by atoms with Crippen molar-refractivity contribution < 1.29 is 14.3 Å². The van der Waals surface area contributed by atoms with Crippen molar-refractivity contribution in [3.8, 4) is 0 Å². The summed E-state index contributed by atoms with van der Waals surface area (Å²) in [7, 11) is 1.26. The van der Waals surface area contributed by atoms with Crippen LogP contribution in [0.25, 0.3) is 10.9 Å². The van der Waals surface area contributed by atoms with Crippen molar-refractivity contribution in [1.29, 1.82) is 0 Å². The molecule has 6 nitrogen and oxygen atoms in total. The van der Waals surface area contributed by atoms with Crippen molar-refractivity contribution in [1.82, 2.24) is 10.3 Å². The normalized spacial score (nSPS) is 12.1. The fraction of sp³-hybridized carbons (Fsp3) is 0.286. The lowest BCUT2D eigenvalue weighted by Crippen LogP contribution is -2.44. The molecule has 1 aromatic carbocycles. The first-order chi connectivity index (χ1) is 9.61. The number of fused-ring (bicyclic) bond motifs is 1. The van der Waals surface area contributed by atoms with Crippen LogP contribution in [0.2, 0.25) is 0 Å². The van der Waals surface area contributed by atoms with Gasteiger partial charge in [-0.25, -0.2) is 0 Å². The second kappa shape index (κ2) is 6.21. The number of esters is 1. The number of carbonyl (C=O) groups excluding carboxylic acids is 2. The van der Waals surface area contributed by atoms with Crippen molar-refractivity contribution >= 4 is 22.8 Å². The first kappa shape index (κ1) is 14.1. The SMILES string of the molecule is COC(=O)CNC(=O)C(N)Cc1c[nH]c2ccccc12. The molecule has 0 saturated carbocycles. The first-order valence-corrected chi connectivity index (χ1v) is 6.27. The van der Waals surface area contributed by atoms with Crippen LogP contribution in [0.15, 0.2) is 30.5 Å². The molecular formula is C14H17N3O3. The summed E-state index contributed by atoms with van der Waals surface area (Å²) in [5.41, 5.74) is 7.83. The maximum atomic E-state index is 11.8. The lowest BCUT2D eigenvalue weighted by Gasteiger charge is -2.11. The number of nitrogens with one attached hydrogen (secondary N) is 2. The minimum Gasteiger partial charge on any atom is -0.468 e. The van der Waals surface area contributed by atoms with Gasteiger partial charge in [0.2, 0.25) is 5.91 Å². The summed E-state index contributed by atoms with van der Waals surface area (Å²) in [5.74, 6) is -0.877. The van der Waals surface area contributed by atoms with Gasteiger partial charge in [-0.1, -0.05) is 18.2 Å². The van der Waals surface area contributed by atoms with Crippen molar-refractivity contribution in [3.63, 3.8) is 0 Å². The van der Waals surface area contributed by atoms with Crippen LogP contribution in [0, 0.1) is 0 Å². The Kier molecular flexibility index (Phi) is 4.37. The number of methoxy groups -OCH3 is 1. The van der Waals surface area contributed by atoms with Crippen LogP contribution in [0.1, 0.15) is 5.56 Å². The molecule has 1 aromatic heterocycles. The Morgan fingerprint density at radius 1 is 1.40 bits per heavy atom. The fourth-order valence-electron chi connectivity index (χ4n) is 1.99. The van der Waals surface area contributed by atoms with Gasteiger partial charge in [-0.3, -0.25) is 9.59 Å². The van der Waals surface area contributed by atoms with Crippen LogP contribution >= 0.6 is 0 Å². The molecule has 0 aliphatic rings. The van der Waals surface area contributed by atoms with E-state index < -0.39 is 12.0 Å². The highest BCUT2D eigenvalue weighted by atomic mass is 16.5. The standard InChI is InChI=1S/C14H17N3O3/c1-20-13(18)8-17-14(19)11(15)6-9-7-16-12-5-3-2-4-10(9)12/h2-5,7,11,16H,6,8,15H2,1H3,(H,17,19). The summed E-state index contributed by atoms with van der Waals surface area (Å²) in [6.45, 7) is -0.170. The summed E-state index contributed by atoms with van der Waals surface area (Å²) in [6.07, 6.45) is 2.25. The maximum absolute atomic E-state index is 11.8. The van der Waals surface area contributed by atoms with Crippen LogP contribution in [0.5, 0.6) is 0 Å². The number of rotatable bonds is 5. The van der Waals surface area contributed by atoms with Crippen LogP contribution in [-0.2, 0) is 20.7 Å². The summed E-state index contributed by atoms with van der Waals surface area (Å²) in [6, 6.07) is 7.09. The second-order valence-corrected chi connectivity index (χ2v) is 4.46. The summed E-state index contributed by atoms with van der Waals surface area (Å²) >= 11 is 0. The molecule has 2 rings (SSSR count). The molecule has 0 bridgehead atoms. The van der Waals surface area contributed by atoms with Gasteiger partial charge in [-0.2, -0.15) is 0 Å². The number of para-hydroxylation sites is 1. The summed E-state index contributed by atoms with van der Waals surface area (Å²) in [5, 5.41) is 3.49. The number of aromatic amines is 1. The van der Waals surface area contributed by atoms with Gasteiger partial charge >= 0.3 is 5.97 Å². The van der Waals surface area contributed by atoms with E-state index in [2.05, 4.69) is 15.0 Å². The second-order valence-electron chi connectivity index (χ2n) is 4.46. The van der Waals surface area contributed by atoms with Gasteiger partial charge < -0.3 is 20.8 Å². The molecule has 2 aromatic rings. The lowest BCUT2D eigenvalue weighted by atomic mass is 10.1. The maximum Gasteiger partial charge on any atom is 0.325 e. The number of ether oxygens (including phenoxy) is 1. The predicted octanol–water partition coefficient (Wildman–Crippen LogP) is 0.327. The number of hydrogen-bond acceptors (Lipinski definition) is 4. The Morgan fingerprint density at radius 2 is 2.15 bits per heavy atom. The average molecular weight is 275 g/mol. The van der Waals surface area contributed by atoms with E-state index in [1.807, 2.05) is 30.5 Å². The highest BCUT2D eigenvalue weighted by Gasteiger charge is 2.16. The minimum atomic E-state index is -0.709. The molecule has 0 aliphatic carbocycles. The molecule has 1 amide bonds. The zero-order valence-corrected chi connectivity index (χ0v) is 11.2. The fourth-order valence-corrected chi connectivity index (χ4v) is 1.99. The molecule has 0 aliphatic heterocycles. The molecular weight excluding hydrogens is 258 g/mol. The quantitative estimate of drug-likeness (QED) is 0.685. The Labute approximate surface area is 116 Å². The summed E-state index contributed by atoms with van der Waals surface area (Å²) < 4.78 is 4.44. The molecule has 0 saturated heterocycles. The highest BCUT2D eigenvalue weighted by molar-refractivity contribution is 5.87. The Hall–Kier alpha value is -2.34. The largest absolute Gasteiger partial charge is 0.468 e. The number of amides is 1. The number of H-pyrrole nitrogens is 1. The minimum absolute atomic E-state index is 0.170. The van der Waals surface area contributed by atoms with E-state index >= 15 is 0 Å². The van der Waals surface area contributed by atoms with Gasteiger partial charge in [0.05, 0.1) is 13.2 Å². The molecule has 4 N–H and O–H groups in total. The number of benzene rings is 1. The molecule has 106 valence electrons. The van der Waals surface area contributed by atoms with E-state index in [1.165, 1.54) is 7.11 Å². The van der Waals surface area contributed by atoms with E-state index in [0.717, 1.165) is 16.5 Å². The van der Waals surface area contributed by atoms with Gasteiger partial charge in [0, 0.05) is 17.1 Å². The molecule has 0 radical (unpaired) electrons. The molecule has 0 fully saturated rings. The Balaban J connectivity index is 1.98. The van der Waals surface area contributed by atoms with Crippen molar-refractivity contribution in [2.45, 2.75) is 12.5 Å². The Bertz CT molecular complexity index is 621. The van der Waals surface area contributed by atoms with Crippen molar-refractivity contribution in [2.75, 3.05) is 13.7 Å². The molecule has 0 spiro atoms. The van der Waals surface area contributed by atoms with E-state index in [9.17, 15) is 9.59 Å². The molecule has 1 unspecified atom stereocenters. The van der Waals surface area contributed by atoms with Crippen LogP contribution in [0.3, 0.4) is 0 Å². The highest BCUT2D eigenvalue weighted by Crippen LogP contribution is 2.18.